The third-order valence-corrected chi connectivity index (χ3v) is 5.75. The minimum absolute atomic E-state index is 0.0678. The average Bonchev–Trinajstić information content (AvgIpc) is 2.71. The molecule has 0 saturated carbocycles. The second kappa shape index (κ2) is 19.5. The number of hydrogen-bond donors (Lipinski definition) is 3. The second-order valence-electron chi connectivity index (χ2n) is 10.0. The third kappa shape index (κ3) is 19.7. The molecule has 0 fully saturated rings. The van der Waals surface area contributed by atoms with Crippen LogP contribution in [-0.2, 0) is 14.3 Å². The van der Waals surface area contributed by atoms with Crippen LogP contribution in [0.5, 0.6) is 0 Å². The lowest BCUT2D eigenvalue weighted by Gasteiger charge is -2.15. The zero-order chi connectivity index (χ0) is 24.4. The van der Waals surface area contributed by atoms with Crippen molar-refractivity contribution >= 4 is 5.97 Å². The van der Waals surface area contributed by atoms with Gasteiger partial charge in [-0.3, -0.25) is 0 Å². The van der Waals surface area contributed by atoms with Crippen LogP contribution in [-0.4, -0.2) is 59.9 Å². The van der Waals surface area contributed by atoms with E-state index in [2.05, 4.69) is 27.7 Å². The van der Waals surface area contributed by atoms with Crippen LogP contribution in [0.25, 0.3) is 0 Å². The number of ether oxygens (including phenoxy) is 2. The third-order valence-electron chi connectivity index (χ3n) is 5.75. The topological polar surface area (TPSA) is 96.2 Å². The molecule has 0 rings (SSSR count). The molecule has 32 heavy (non-hydrogen) atoms. The van der Waals surface area contributed by atoms with Gasteiger partial charge in [0.15, 0.2) is 0 Å². The van der Waals surface area contributed by atoms with Gasteiger partial charge in [-0.2, -0.15) is 0 Å². The van der Waals surface area contributed by atoms with Crippen molar-refractivity contribution in [2.24, 2.45) is 17.8 Å². The zero-order valence-corrected chi connectivity index (χ0v) is 21.2. The van der Waals surface area contributed by atoms with Gasteiger partial charge in [-0.1, -0.05) is 78.2 Å². The SMILES string of the molecule is C/C(=C\C(=O)OCC(O)COCC(O)CO)CCCC(C)CCCC(C)CCCC(C)C. The summed E-state index contributed by atoms with van der Waals surface area (Å²) in [6, 6.07) is 0. The van der Waals surface area contributed by atoms with Gasteiger partial charge in [0, 0.05) is 6.08 Å². The first-order valence-electron chi connectivity index (χ1n) is 12.5. The molecule has 0 heterocycles. The molecule has 0 aliphatic rings. The van der Waals surface area contributed by atoms with Crippen molar-refractivity contribution < 1.29 is 29.6 Å². The zero-order valence-electron chi connectivity index (χ0n) is 21.2. The highest BCUT2D eigenvalue weighted by molar-refractivity contribution is 5.82. The average molecular weight is 459 g/mol. The van der Waals surface area contributed by atoms with Gasteiger partial charge in [0.1, 0.15) is 18.8 Å². The summed E-state index contributed by atoms with van der Waals surface area (Å²) in [4.78, 5) is 11.9. The fraction of sp³-hybridized carbons (Fsp3) is 0.885. The Hall–Kier alpha value is -0.950. The van der Waals surface area contributed by atoms with E-state index in [-0.39, 0.29) is 19.8 Å². The molecule has 4 unspecified atom stereocenters. The maximum atomic E-state index is 11.9. The fourth-order valence-electron chi connectivity index (χ4n) is 3.64. The molecule has 0 amide bonds. The maximum Gasteiger partial charge on any atom is 0.330 e. The number of hydrogen-bond acceptors (Lipinski definition) is 6. The molecular formula is C26H50O6. The number of carbonyl (C=O) groups excluding carboxylic acids is 1. The Morgan fingerprint density at radius 1 is 0.812 bits per heavy atom. The van der Waals surface area contributed by atoms with E-state index in [1.54, 1.807) is 0 Å². The molecule has 0 aromatic rings. The quantitative estimate of drug-likeness (QED) is 0.182. The van der Waals surface area contributed by atoms with Gasteiger partial charge in [0.05, 0.1) is 19.8 Å². The Balaban J connectivity index is 3.85. The molecule has 0 aromatic carbocycles. The molecule has 0 aromatic heterocycles. The summed E-state index contributed by atoms with van der Waals surface area (Å²) >= 11 is 0. The maximum absolute atomic E-state index is 11.9. The second-order valence-corrected chi connectivity index (χ2v) is 10.0. The van der Waals surface area contributed by atoms with Gasteiger partial charge in [-0.15, -0.1) is 0 Å². The molecular weight excluding hydrogens is 408 g/mol. The van der Waals surface area contributed by atoms with Crippen LogP contribution in [0.2, 0.25) is 0 Å². The van der Waals surface area contributed by atoms with E-state index in [4.69, 9.17) is 19.7 Å². The lowest BCUT2D eigenvalue weighted by Crippen LogP contribution is -2.27. The number of esters is 1. The highest BCUT2D eigenvalue weighted by Crippen LogP contribution is 2.22. The van der Waals surface area contributed by atoms with E-state index in [1.165, 1.54) is 44.6 Å². The molecule has 0 aliphatic carbocycles. The van der Waals surface area contributed by atoms with E-state index in [0.29, 0.717) is 5.92 Å². The number of aliphatic hydroxyl groups is 3. The Morgan fingerprint density at radius 3 is 1.91 bits per heavy atom. The van der Waals surface area contributed by atoms with E-state index in [0.717, 1.165) is 36.7 Å². The number of rotatable bonds is 20. The highest BCUT2D eigenvalue weighted by Gasteiger charge is 2.10. The van der Waals surface area contributed by atoms with E-state index < -0.39 is 24.8 Å². The summed E-state index contributed by atoms with van der Waals surface area (Å²) in [6.45, 7) is 10.5. The molecule has 0 spiro atoms. The predicted octanol–water partition coefficient (Wildman–Crippen LogP) is 4.65. The first-order valence-corrected chi connectivity index (χ1v) is 12.5. The molecule has 3 N–H and O–H groups in total. The fourth-order valence-corrected chi connectivity index (χ4v) is 3.64. The molecule has 0 saturated heterocycles. The molecule has 4 atom stereocenters. The van der Waals surface area contributed by atoms with Crippen molar-refractivity contribution in [3.05, 3.63) is 11.6 Å². The van der Waals surface area contributed by atoms with Crippen LogP contribution in [0.15, 0.2) is 11.6 Å². The highest BCUT2D eigenvalue weighted by atomic mass is 16.5. The summed E-state index contributed by atoms with van der Waals surface area (Å²) in [5.74, 6) is 1.88. The van der Waals surface area contributed by atoms with Gasteiger partial charge in [0.25, 0.3) is 0 Å². The minimum atomic E-state index is -0.971. The minimum Gasteiger partial charge on any atom is -0.460 e. The molecule has 0 aliphatic heterocycles. The van der Waals surface area contributed by atoms with E-state index in [1.807, 2.05) is 6.92 Å². The summed E-state index contributed by atoms with van der Waals surface area (Å²) in [5, 5.41) is 27.6. The lowest BCUT2D eigenvalue weighted by molar-refractivity contribution is -0.142. The molecule has 6 heteroatoms. The molecule has 190 valence electrons. The first-order chi connectivity index (χ1) is 15.1. The normalized spacial score (nSPS) is 16.1. The summed E-state index contributed by atoms with van der Waals surface area (Å²) in [7, 11) is 0. The van der Waals surface area contributed by atoms with Crippen molar-refractivity contribution in [1.82, 2.24) is 0 Å². The van der Waals surface area contributed by atoms with Gasteiger partial charge in [-0.25, -0.2) is 4.79 Å². The van der Waals surface area contributed by atoms with Gasteiger partial charge >= 0.3 is 5.97 Å². The standard InChI is InChI=1S/C26H50O6/c1-20(2)9-6-10-21(3)11-7-12-22(4)13-8-14-23(5)15-26(30)32-19-25(29)18-31-17-24(28)16-27/h15,20-22,24-25,27-29H,6-14,16-19H2,1-5H3/b23-15+. The Morgan fingerprint density at radius 2 is 1.34 bits per heavy atom. The van der Waals surface area contributed by atoms with Crippen molar-refractivity contribution in [2.75, 3.05) is 26.4 Å². The summed E-state index contributed by atoms with van der Waals surface area (Å²) in [6.07, 6.45) is 10.6. The Bertz CT molecular complexity index is 491. The van der Waals surface area contributed by atoms with Crippen LogP contribution in [0.1, 0.15) is 92.4 Å². The van der Waals surface area contributed by atoms with Crippen LogP contribution in [0.3, 0.4) is 0 Å². The number of aliphatic hydroxyl groups excluding tert-OH is 3. The summed E-state index contributed by atoms with van der Waals surface area (Å²) in [5.41, 5.74) is 0.984. The number of allylic oxidation sites excluding steroid dienone is 1. The van der Waals surface area contributed by atoms with Crippen LogP contribution in [0, 0.1) is 17.8 Å². The van der Waals surface area contributed by atoms with E-state index in [9.17, 15) is 9.90 Å². The Labute approximate surface area is 196 Å². The largest absolute Gasteiger partial charge is 0.460 e. The van der Waals surface area contributed by atoms with Crippen LogP contribution >= 0.6 is 0 Å². The van der Waals surface area contributed by atoms with Crippen LogP contribution in [0.4, 0.5) is 0 Å². The molecule has 0 radical (unpaired) electrons. The van der Waals surface area contributed by atoms with Gasteiger partial charge < -0.3 is 24.8 Å². The van der Waals surface area contributed by atoms with Crippen molar-refractivity contribution in [3.8, 4) is 0 Å². The number of carbonyl (C=O) groups is 1. The Kier molecular flexibility index (Phi) is 18.9. The summed E-state index contributed by atoms with van der Waals surface area (Å²) < 4.78 is 10.1. The smallest absolute Gasteiger partial charge is 0.330 e. The monoisotopic (exact) mass is 458 g/mol. The van der Waals surface area contributed by atoms with Crippen molar-refractivity contribution in [1.29, 1.82) is 0 Å². The lowest BCUT2D eigenvalue weighted by atomic mass is 9.91. The first kappa shape index (κ1) is 31.0. The molecule has 0 bridgehead atoms. The predicted molar refractivity (Wildman–Crippen MR) is 129 cm³/mol. The van der Waals surface area contributed by atoms with Gasteiger partial charge in [0.2, 0.25) is 0 Å². The molecule has 6 nitrogen and oxygen atoms in total. The van der Waals surface area contributed by atoms with E-state index >= 15 is 0 Å². The van der Waals surface area contributed by atoms with Crippen molar-refractivity contribution in [3.63, 3.8) is 0 Å². The van der Waals surface area contributed by atoms with Crippen LogP contribution < -0.4 is 0 Å². The van der Waals surface area contributed by atoms with Crippen molar-refractivity contribution in [2.45, 2.75) is 105 Å². The van der Waals surface area contributed by atoms with Gasteiger partial charge in [-0.05, 0) is 37.5 Å².